The molecule has 1 N–H and O–H groups in total. The van der Waals surface area contributed by atoms with Gasteiger partial charge in [-0.1, -0.05) is 30.3 Å². The second kappa shape index (κ2) is 8.88. The molecule has 2 aromatic carbocycles. The average Bonchev–Trinajstić information content (AvgIpc) is 2.64. The predicted octanol–water partition coefficient (Wildman–Crippen LogP) is 2.07. The lowest BCUT2D eigenvalue weighted by Gasteiger charge is -2.21. The van der Waals surface area contributed by atoms with Crippen molar-refractivity contribution >= 4 is 17.8 Å². The van der Waals surface area contributed by atoms with E-state index in [9.17, 15) is 23.2 Å². The van der Waals surface area contributed by atoms with Crippen LogP contribution >= 0.6 is 0 Å². The first kappa shape index (κ1) is 20.0. The van der Waals surface area contributed by atoms with E-state index in [1.54, 1.807) is 30.3 Å². The second-order valence-corrected chi connectivity index (χ2v) is 5.82. The van der Waals surface area contributed by atoms with Crippen molar-refractivity contribution in [2.75, 3.05) is 20.6 Å². The molecule has 0 radical (unpaired) electrons. The topological polar surface area (TPSA) is 75.7 Å². The number of rotatable bonds is 6. The number of carbonyl (C=O) groups excluding carboxylic acids is 3. The molecular weight excluding hydrogens is 358 g/mol. The summed E-state index contributed by atoms with van der Waals surface area (Å²) in [5, 5.41) is 2.18. The normalized spacial score (nSPS) is 11.4. The molecule has 0 aliphatic heterocycles. The summed E-state index contributed by atoms with van der Waals surface area (Å²) in [6.45, 7) is -0.584. The van der Waals surface area contributed by atoms with Gasteiger partial charge in [-0.3, -0.25) is 14.4 Å². The molecule has 142 valence electrons. The highest BCUT2D eigenvalue weighted by Gasteiger charge is 2.26. The van der Waals surface area contributed by atoms with Crippen LogP contribution in [0.4, 0.5) is 8.78 Å². The van der Waals surface area contributed by atoms with Crippen LogP contribution in [-0.4, -0.2) is 43.3 Å². The van der Waals surface area contributed by atoms with E-state index < -0.39 is 47.6 Å². The van der Waals surface area contributed by atoms with Crippen molar-refractivity contribution in [3.63, 3.8) is 0 Å². The average molecular weight is 376 g/mol. The van der Waals surface area contributed by atoms with Gasteiger partial charge in [0.1, 0.15) is 18.2 Å². The van der Waals surface area contributed by atoms with Gasteiger partial charge in [0.15, 0.2) is 0 Å². The third kappa shape index (κ3) is 5.34. The van der Waals surface area contributed by atoms with Crippen molar-refractivity contribution in [1.82, 2.24) is 10.2 Å². The summed E-state index contributed by atoms with van der Waals surface area (Å²) in [4.78, 5) is 37.6. The molecule has 2 rings (SSSR count). The van der Waals surface area contributed by atoms with Crippen molar-refractivity contribution in [3.8, 4) is 0 Å². The van der Waals surface area contributed by atoms with Gasteiger partial charge < -0.3 is 15.0 Å². The smallest absolute Gasteiger partial charge is 0.326 e. The van der Waals surface area contributed by atoms with Crippen molar-refractivity contribution in [2.24, 2.45) is 0 Å². The lowest BCUT2D eigenvalue weighted by Crippen LogP contribution is -2.35. The Bertz CT molecular complexity index is 841. The second-order valence-electron chi connectivity index (χ2n) is 5.82. The van der Waals surface area contributed by atoms with Gasteiger partial charge in [0.05, 0.1) is 5.56 Å². The number of halogens is 2. The van der Waals surface area contributed by atoms with Gasteiger partial charge >= 0.3 is 5.97 Å². The van der Waals surface area contributed by atoms with Crippen molar-refractivity contribution in [1.29, 1.82) is 0 Å². The Hall–Kier alpha value is -3.29. The molecule has 2 amide bonds. The lowest BCUT2D eigenvalue weighted by molar-refractivity contribution is -0.158. The van der Waals surface area contributed by atoms with Gasteiger partial charge in [-0.25, -0.2) is 8.78 Å². The fraction of sp³-hybridized carbons (Fsp3) is 0.211. The molecule has 0 spiro atoms. The highest BCUT2D eigenvalue weighted by atomic mass is 19.1. The molecule has 0 aliphatic carbocycles. The molecular formula is C19H18F2N2O4. The number of esters is 1. The molecule has 0 fully saturated rings. The number of benzene rings is 2. The Balaban J connectivity index is 2.03. The summed E-state index contributed by atoms with van der Waals surface area (Å²) < 4.78 is 31.7. The van der Waals surface area contributed by atoms with E-state index in [0.717, 1.165) is 12.1 Å². The Kier molecular flexibility index (Phi) is 6.59. The standard InChI is InChI=1S/C19H18F2N2O4/c1-23(2)19(26)17(12-6-4-3-5-7-12)27-16(24)11-22-18(25)14-9-8-13(20)10-15(14)21/h3-10,17H,11H2,1-2H3,(H,22,25). The Labute approximate surface area is 154 Å². The monoisotopic (exact) mass is 376 g/mol. The highest BCUT2D eigenvalue weighted by Crippen LogP contribution is 2.19. The zero-order valence-electron chi connectivity index (χ0n) is 14.7. The van der Waals surface area contributed by atoms with Gasteiger partial charge in [-0.15, -0.1) is 0 Å². The molecule has 0 aromatic heterocycles. The first-order valence-electron chi connectivity index (χ1n) is 7.98. The largest absolute Gasteiger partial charge is 0.446 e. The zero-order valence-corrected chi connectivity index (χ0v) is 14.7. The van der Waals surface area contributed by atoms with E-state index >= 15 is 0 Å². The Morgan fingerprint density at radius 2 is 1.74 bits per heavy atom. The molecule has 27 heavy (non-hydrogen) atoms. The summed E-state index contributed by atoms with van der Waals surface area (Å²) in [5.74, 6) is -4.11. The van der Waals surface area contributed by atoms with E-state index in [1.807, 2.05) is 0 Å². The first-order valence-corrected chi connectivity index (χ1v) is 7.98. The molecule has 1 atom stereocenters. The van der Waals surface area contributed by atoms with Crippen LogP contribution < -0.4 is 5.32 Å². The van der Waals surface area contributed by atoms with Crippen LogP contribution in [0.3, 0.4) is 0 Å². The lowest BCUT2D eigenvalue weighted by atomic mass is 10.1. The molecule has 0 saturated carbocycles. The fourth-order valence-corrected chi connectivity index (χ4v) is 2.22. The number of likely N-dealkylation sites (N-methyl/N-ethyl adjacent to an activating group) is 1. The molecule has 0 heterocycles. The summed E-state index contributed by atoms with van der Waals surface area (Å²) in [5.41, 5.74) is 0.0635. The molecule has 2 aromatic rings. The minimum absolute atomic E-state index is 0.409. The van der Waals surface area contributed by atoms with E-state index in [1.165, 1.54) is 19.0 Å². The molecule has 0 saturated heterocycles. The van der Waals surface area contributed by atoms with Crippen LogP contribution in [0.1, 0.15) is 22.0 Å². The zero-order chi connectivity index (χ0) is 20.0. The number of carbonyl (C=O) groups is 3. The quantitative estimate of drug-likeness (QED) is 0.783. The maximum atomic E-state index is 13.6. The van der Waals surface area contributed by atoms with Crippen LogP contribution in [0.5, 0.6) is 0 Å². The molecule has 6 nitrogen and oxygen atoms in total. The Morgan fingerprint density at radius 3 is 2.33 bits per heavy atom. The Morgan fingerprint density at radius 1 is 1.07 bits per heavy atom. The maximum Gasteiger partial charge on any atom is 0.326 e. The number of ether oxygens (including phenoxy) is 1. The number of nitrogens with one attached hydrogen (secondary N) is 1. The number of hydrogen-bond acceptors (Lipinski definition) is 4. The summed E-state index contributed by atoms with van der Waals surface area (Å²) >= 11 is 0. The van der Waals surface area contributed by atoms with Crippen molar-refractivity contribution in [3.05, 3.63) is 71.3 Å². The third-order valence-corrected chi connectivity index (χ3v) is 3.59. The van der Waals surface area contributed by atoms with E-state index in [0.29, 0.717) is 11.6 Å². The summed E-state index contributed by atoms with van der Waals surface area (Å²) in [7, 11) is 3.04. The number of nitrogens with zero attached hydrogens (tertiary/aromatic N) is 1. The van der Waals surface area contributed by atoms with E-state index in [2.05, 4.69) is 5.32 Å². The molecule has 0 aliphatic rings. The first-order chi connectivity index (χ1) is 12.8. The summed E-state index contributed by atoms with van der Waals surface area (Å²) in [6.07, 6.45) is -1.17. The minimum Gasteiger partial charge on any atom is -0.446 e. The number of amides is 2. The number of hydrogen-bond donors (Lipinski definition) is 1. The maximum absolute atomic E-state index is 13.6. The molecule has 8 heteroatoms. The van der Waals surface area contributed by atoms with Crippen LogP contribution in [0, 0.1) is 11.6 Å². The van der Waals surface area contributed by atoms with Gasteiger partial charge in [-0.2, -0.15) is 0 Å². The predicted molar refractivity (Wildman–Crippen MR) is 92.7 cm³/mol. The SMILES string of the molecule is CN(C)C(=O)C(OC(=O)CNC(=O)c1ccc(F)cc1F)c1ccccc1. The van der Waals surface area contributed by atoms with Crippen LogP contribution in [0.15, 0.2) is 48.5 Å². The van der Waals surface area contributed by atoms with E-state index in [-0.39, 0.29) is 0 Å². The fourth-order valence-electron chi connectivity index (χ4n) is 2.22. The van der Waals surface area contributed by atoms with Crippen molar-refractivity contribution in [2.45, 2.75) is 6.10 Å². The van der Waals surface area contributed by atoms with Gasteiger partial charge in [-0.05, 0) is 12.1 Å². The third-order valence-electron chi connectivity index (χ3n) is 3.59. The molecule has 0 bridgehead atoms. The van der Waals surface area contributed by atoms with E-state index in [4.69, 9.17) is 4.74 Å². The van der Waals surface area contributed by atoms with Gasteiger partial charge in [0.2, 0.25) is 6.10 Å². The van der Waals surface area contributed by atoms with Gasteiger partial charge in [0.25, 0.3) is 11.8 Å². The van der Waals surface area contributed by atoms with Crippen LogP contribution in [0.25, 0.3) is 0 Å². The minimum atomic E-state index is -1.17. The molecule has 1 unspecified atom stereocenters. The van der Waals surface area contributed by atoms with Crippen molar-refractivity contribution < 1.29 is 27.9 Å². The summed E-state index contributed by atoms with van der Waals surface area (Å²) in [6, 6.07) is 10.9. The highest BCUT2D eigenvalue weighted by molar-refractivity contribution is 5.96. The van der Waals surface area contributed by atoms with Gasteiger partial charge in [0, 0.05) is 25.7 Å². The van der Waals surface area contributed by atoms with Crippen LogP contribution in [-0.2, 0) is 14.3 Å². The van der Waals surface area contributed by atoms with Crippen LogP contribution in [0.2, 0.25) is 0 Å².